The van der Waals surface area contributed by atoms with Crippen LogP contribution in [0, 0.1) is 0 Å². The molecular weight excluding hydrogens is 560 g/mol. The van der Waals surface area contributed by atoms with E-state index < -0.39 is 11.6 Å². The normalized spacial score (nSPS) is 15.3. The van der Waals surface area contributed by atoms with Crippen molar-refractivity contribution in [1.82, 2.24) is 20.0 Å². The first-order chi connectivity index (χ1) is 16.6. The molecule has 1 aliphatic carbocycles. The van der Waals surface area contributed by atoms with Crippen molar-refractivity contribution < 1.29 is 13.2 Å². The van der Waals surface area contributed by atoms with E-state index in [0.29, 0.717) is 43.6 Å². The smallest absolute Gasteiger partial charge is 0.230 e. The molecule has 4 aromatic rings. The zero-order valence-corrected chi connectivity index (χ0v) is 21.9. The van der Waals surface area contributed by atoms with Gasteiger partial charge >= 0.3 is 6.18 Å². The monoisotopic (exact) mass is 574 g/mol. The van der Waals surface area contributed by atoms with Gasteiger partial charge in [0.05, 0.1) is 21.3 Å². The van der Waals surface area contributed by atoms with E-state index in [9.17, 15) is 13.2 Å². The van der Waals surface area contributed by atoms with Gasteiger partial charge in [-0.2, -0.15) is 18.3 Å². The van der Waals surface area contributed by atoms with Crippen LogP contribution in [0.1, 0.15) is 24.3 Å². The molecule has 0 unspecified atom stereocenters. The molecule has 1 aliphatic rings. The van der Waals surface area contributed by atoms with Gasteiger partial charge in [0, 0.05) is 15.6 Å². The SMILES string of the molecule is CSc1c(-c2nnc(C3(C(F)(F)F)CCC3)s2)nn(-c2ccc(Cl)cc2Cl)c1-c1ccc(Cl)cc1. The molecule has 0 amide bonds. The molecule has 1 saturated carbocycles. The summed E-state index contributed by atoms with van der Waals surface area (Å²) in [6, 6.07) is 12.3. The van der Waals surface area contributed by atoms with E-state index in [2.05, 4.69) is 10.2 Å². The van der Waals surface area contributed by atoms with Gasteiger partial charge < -0.3 is 0 Å². The number of thioether (sulfide) groups is 1. The Morgan fingerprint density at radius 3 is 2.26 bits per heavy atom. The molecule has 1 fully saturated rings. The lowest BCUT2D eigenvalue weighted by molar-refractivity contribution is -0.212. The fourth-order valence-corrected chi connectivity index (χ4v) is 6.60. The average molecular weight is 576 g/mol. The van der Waals surface area contributed by atoms with Crippen LogP contribution < -0.4 is 0 Å². The summed E-state index contributed by atoms with van der Waals surface area (Å²) < 4.78 is 43.4. The largest absolute Gasteiger partial charge is 0.400 e. The van der Waals surface area contributed by atoms with Crippen molar-refractivity contribution >= 4 is 57.9 Å². The van der Waals surface area contributed by atoms with Gasteiger partial charge in [-0.15, -0.1) is 22.0 Å². The number of alkyl halides is 3. The number of hydrogen-bond acceptors (Lipinski definition) is 5. The lowest BCUT2D eigenvalue weighted by atomic mass is 9.68. The Morgan fingerprint density at radius 1 is 1.00 bits per heavy atom. The van der Waals surface area contributed by atoms with Crippen LogP contribution in [-0.2, 0) is 5.41 Å². The predicted octanol–water partition coefficient (Wildman–Crippen LogP) is 8.72. The standard InChI is InChI=1S/C23H16Cl3F3N4S2/c1-34-19-17(20-30-31-21(35-20)22(9-2-10-22)23(27,28)29)32-33(16-8-7-14(25)11-15(16)26)18(19)12-3-5-13(24)6-4-12/h3-8,11H,2,9-10H2,1H3. The molecule has 5 rings (SSSR count). The topological polar surface area (TPSA) is 43.6 Å². The van der Waals surface area contributed by atoms with Crippen LogP contribution in [0.15, 0.2) is 47.4 Å². The molecule has 0 saturated heterocycles. The first-order valence-electron chi connectivity index (χ1n) is 10.4. The van der Waals surface area contributed by atoms with Gasteiger partial charge in [0.2, 0.25) is 0 Å². The summed E-state index contributed by atoms with van der Waals surface area (Å²) in [5, 5.41) is 14.6. The highest BCUT2D eigenvalue weighted by atomic mass is 35.5. The number of rotatable bonds is 5. The second-order valence-corrected chi connectivity index (χ2v) is 11.2. The zero-order valence-electron chi connectivity index (χ0n) is 18.0. The molecule has 0 atom stereocenters. The van der Waals surface area contributed by atoms with E-state index in [1.54, 1.807) is 35.0 Å². The number of halogens is 6. The molecule has 35 heavy (non-hydrogen) atoms. The summed E-state index contributed by atoms with van der Waals surface area (Å²) in [7, 11) is 0. The molecule has 2 heterocycles. The maximum atomic E-state index is 13.9. The minimum atomic E-state index is -4.38. The lowest BCUT2D eigenvalue weighted by Crippen LogP contribution is -2.47. The fraction of sp³-hybridized carbons (Fsp3) is 0.261. The number of aromatic nitrogens is 4. The Balaban J connectivity index is 1.71. The van der Waals surface area contributed by atoms with Crippen molar-refractivity contribution in [3.8, 4) is 27.6 Å². The van der Waals surface area contributed by atoms with Crippen molar-refractivity contribution in [3.05, 3.63) is 62.5 Å². The second kappa shape index (κ2) is 9.27. The first-order valence-corrected chi connectivity index (χ1v) is 13.6. The van der Waals surface area contributed by atoms with E-state index in [1.807, 2.05) is 18.4 Å². The summed E-state index contributed by atoms with van der Waals surface area (Å²) in [5.74, 6) is 0. The summed E-state index contributed by atoms with van der Waals surface area (Å²) in [6.45, 7) is 0. The molecule has 12 heteroatoms. The Hall–Kier alpha value is -1.78. The van der Waals surface area contributed by atoms with Gasteiger partial charge in [-0.3, -0.25) is 0 Å². The summed E-state index contributed by atoms with van der Waals surface area (Å²) in [5.41, 5.74) is 0.592. The van der Waals surface area contributed by atoms with Gasteiger partial charge in [0.25, 0.3) is 0 Å². The molecule has 4 nitrogen and oxygen atoms in total. The maximum Gasteiger partial charge on any atom is 0.400 e. The predicted molar refractivity (Wildman–Crippen MR) is 136 cm³/mol. The van der Waals surface area contributed by atoms with E-state index >= 15 is 0 Å². The van der Waals surface area contributed by atoms with Gasteiger partial charge in [-0.05, 0) is 49.4 Å². The summed E-state index contributed by atoms with van der Waals surface area (Å²) in [6.07, 6.45) is -1.96. The minimum Gasteiger partial charge on any atom is -0.230 e. The van der Waals surface area contributed by atoms with Crippen molar-refractivity contribution in [1.29, 1.82) is 0 Å². The molecule has 0 spiro atoms. The molecule has 2 aromatic carbocycles. The lowest BCUT2D eigenvalue weighted by Gasteiger charge is -2.40. The molecule has 0 aliphatic heterocycles. The van der Waals surface area contributed by atoms with Crippen LogP contribution in [-0.4, -0.2) is 32.4 Å². The van der Waals surface area contributed by atoms with Crippen LogP contribution in [0.4, 0.5) is 13.2 Å². The van der Waals surface area contributed by atoms with Crippen molar-refractivity contribution in [3.63, 3.8) is 0 Å². The third-order valence-corrected chi connectivity index (χ3v) is 8.81. The van der Waals surface area contributed by atoms with E-state index in [0.717, 1.165) is 21.8 Å². The van der Waals surface area contributed by atoms with Crippen LogP contribution in [0.3, 0.4) is 0 Å². The molecular formula is C23H16Cl3F3N4S2. The molecule has 2 aromatic heterocycles. The summed E-state index contributed by atoms with van der Waals surface area (Å²) in [4.78, 5) is 0.732. The Labute approximate surface area is 222 Å². The van der Waals surface area contributed by atoms with E-state index in [4.69, 9.17) is 39.9 Å². The Morgan fingerprint density at radius 2 is 1.69 bits per heavy atom. The van der Waals surface area contributed by atoms with E-state index in [1.165, 1.54) is 11.8 Å². The quantitative estimate of drug-likeness (QED) is 0.223. The average Bonchev–Trinajstić information content (AvgIpc) is 3.37. The minimum absolute atomic E-state index is 0.0192. The highest BCUT2D eigenvalue weighted by molar-refractivity contribution is 7.98. The number of benzene rings is 2. The van der Waals surface area contributed by atoms with E-state index in [-0.39, 0.29) is 17.8 Å². The van der Waals surface area contributed by atoms with Crippen molar-refractivity contribution in [2.45, 2.75) is 35.7 Å². The van der Waals surface area contributed by atoms with Crippen LogP contribution >= 0.6 is 57.9 Å². The third-order valence-electron chi connectivity index (χ3n) is 6.09. The van der Waals surface area contributed by atoms with Gasteiger partial charge in [0.15, 0.2) is 5.01 Å². The number of nitrogens with zero attached hydrogens (tertiary/aromatic N) is 4. The highest BCUT2D eigenvalue weighted by Gasteiger charge is 2.61. The van der Waals surface area contributed by atoms with Crippen LogP contribution in [0.5, 0.6) is 0 Å². The van der Waals surface area contributed by atoms with Crippen LogP contribution in [0.25, 0.3) is 27.6 Å². The molecule has 0 N–H and O–H groups in total. The van der Waals surface area contributed by atoms with Crippen molar-refractivity contribution in [2.75, 3.05) is 6.26 Å². The summed E-state index contributed by atoms with van der Waals surface area (Å²) >= 11 is 21.1. The maximum absolute atomic E-state index is 13.9. The first kappa shape index (κ1) is 24.9. The van der Waals surface area contributed by atoms with Gasteiger partial charge in [0.1, 0.15) is 16.1 Å². The van der Waals surface area contributed by atoms with Crippen LogP contribution in [0.2, 0.25) is 15.1 Å². The number of hydrogen-bond donors (Lipinski definition) is 0. The zero-order chi connectivity index (χ0) is 25.0. The Bertz CT molecular complexity index is 1400. The molecule has 182 valence electrons. The highest BCUT2D eigenvalue weighted by Crippen LogP contribution is 2.56. The third kappa shape index (κ3) is 4.25. The van der Waals surface area contributed by atoms with Crippen molar-refractivity contribution in [2.24, 2.45) is 0 Å². The van der Waals surface area contributed by atoms with Gasteiger partial charge in [-0.1, -0.05) is 64.7 Å². The molecule has 0 bridgehead atoms. The van der Waals surface area contributed by atoms with Gasteiger partial charge in [-0.25, -0.2) is 4.68 Å². The second-order valence-electron chi connectivity index (χ2n) is 8.09. The fourth-order valence-electron chi connectivity index (χ4n) is 4.09. The molecule has 0 radical (unpaired) electrons. The Kier molecular flexibility index (Phi) is 6.59.